The Kier molecular flexibility index (Phi) is 5.80. The second kappa shape index (κ2) is 8.43. The summed E-state index contributed by atoms with van der Waals surface area (Å²) in [6.07, 6.45) is -1.22. The van der Waals surface area contributed by atoms with Crippen molar-refractivity contribution >= 4 is 23.3 Å². The first kappa shape index (κ1) is 17.9. The van der Waals surface area contributed by atoms with Gasteiger partial charge in [-0.15, -0.1) is 11.3 Å². The molecule has 1 aliphatic heterocycles. The molecular weight excluding hydrogens is 360 g/mol. The lowest BCUT2D eigenvalue weighted by molar-refractivity contribution is 0.0322. The fourth-order valence-electron chi connectivity index (χ4n) is 2.25. The summed E-state index contributed by atoms with van der Waals surface area (Å²) >= 11 is 1.21. The predicted molar refractivity (Wildman–Crippen MR) is 93.8 cm³/mol. The third kappa shape index (κ3) is 4.37. The van der Waals surface area contributed by atoms with Crippen molar-refractivity contribution in [3.8, 4) is 17.2 Å². The zero-order valence-corrected chi connectivity index (χ0v) is 14.8. The second-order valence-corrected chi connectivity index (χ2v) is 6.14. The van der Waals surface area contributed by atoms with Crippen molar-refractivity contribution in [3.63, 3.8) is 0 Å². The molecule has 0 fully saturated rings. The first-order valence-corrected chi connectivity index (χ1v) is 8.87. The average Bonchev–Trinajstić information content (AvgIpc) is 3.13. The SMILES string of the molecule is CCOc1ccsc1C(=O)NNC(=O)OCC1COc2ccccc2O1. The van der Waals surface area contributed by atoms with Crippen molar-refractivity contribution in [2.24, 2.45) is 0 Å². The van der Waals surface area contributed by atoms with Crippen molar-refractivity contribution in [1.82, 2.24) is 10.9 Å². The van der Waals surface area contributed by atoms with Crippen LogP contribution >= 0.6 is 11.3 Å². The summed E-state index contributed by atoms with van der Waals surface area (Å²) < 4.78 is 21.6. The number of benzene rings is 1. The minimum Gasteiger partial charge on any atom is -0.492 e. The number of amides is 2. The van der Waals surface area contributed by atoms with Crippen molar-refractivity contribution in [2.75, 3.05) is 19.8 Å². The fourth-order valence-corrected chi connectivity index (χ4v) is 2.98. The maximum absolute atomic E-state index is 12.1. The van der Waals surface area contributed by atoms with E-state index in [1.807, 2.05) is 19.1 Å². The van der Waals surface area contributed by atoms with E-state index in [0.29, 0.717) is 28.7 Å². The van der Waals surface area contributed by atoms with E-state index in [1.165, 1.54) is 11.3 Å². The van der Waals surface area contributed by atoms with E-state index in [1.54, 1.807) is 23.6 Å². The molecule has 2 heterocycles. The highest BCUT2D eigenvalue weighted by atomic mass is 32.1. The van der Waals surface area contributed by atoms with Crippen LogP contribution in [0.5, 0.6) is 17.2 Å². The number of hydrazine groups is 1. The molecule has 1 aliphatic rings. The highest BCUT2D eigenvalue weighted by molar-refractivity contribution is 7.12. The molecule has 1 aromatic heterocycles. The Bertz CT molecular complexity index is 778. The zero-order chi connectivity index (χ0) is 18.4. The second-order valence-electron chi connectivity index (χ2n) is 5.22. The Morgan fingerprint density at radius 3 is 2.85 bits per heavy atom. The third-order valence-electron chi connectivity index (χ3n) is 3.38. The van der Waals surface area contributed by atoms with E-state index >= 15 is 0 Å². The molecule has 2 N–H and O–H groups in total. The molecule has 26 heavy (non-hydrogen) atoms. The van der Waals surface area contributed by atoms with Crippen LogP contribution in [0.25, 0.3) is 0 Å². The molecule has 8 nitrogen and oxygen atoms in total. The number of nitrogens with one attached hydrogen (secondary N) is 2. The Morgan fingerprint density at radius 2 is 2.04 bits per heavy atom. The molecule has 0 spiro atoms. The highest BCUT2D eigenvalue weighted by Gasteiger charge is 2.22. The van der Waals surface area contributed by atoms with Crippen LogP contribution in [0.2, 0.25) is 0 Å². The molecule has 0 saturated heterocycles. The first-order valence-electron chi connectivity index (χ1n) is 7.99. The predicted octanol–water partition coefficient (Wildman–Crippen LogP) is 2.36. The maximum atomic E-state index is 12.1. The number of para-hydroxylation sites is 2. The molecule has 138 valence electrons. The smallest absolute Gasteiger partial charge is 0.426 e. The van der Waals surface area contributed by atoms with Crippen LogP contribution in [0, 0.1) is 0 Å². The minimum absolute atomic E-state index is 0.0146. The number of hydrogen-bond donors (Lipinski definition) is 2. The van der Waals surface area contributed by atoms with Crippen LogP contribution in [-0.2, 0) is 4.74 Å². The number of fused-ring (bicyclic) bond motifs is 1. The van der Waals surface area contributed by atoms with E-state index in [2.05, 4.69) is 10.9 Å². The van der Waals surface area contributed by atoms with Crippen LogP contribution in [-0.4, -0.2) is 37.9 Å². The van der Waals surface area contributed by atoms with Crippen LogP contribution in [0.3, 0.4) is 0 Å². The highest BCUT2D eigenvalue weighted by Crippen LogP contribution is 2.30. The molecule has 9 heteroatoms. The zero-order valence-electron chi connectivity index (χ0n) is 14.0. The molecule has 2 aromatic rings. The lowest BCUT2D eigenvalue weighted by atomic mass is 10.3. The number of hydrogen-bond acceptors (Lipinski definition) is 7. The topological polar surface area (TPSA) is 95.1 Å². The molecule has 3 rings (SSSR count). The number of thiophene rings is 1. The van der Waals surface area contributed by atoms with E-state index in [9.17, 15) is 9.59 Å². The van der Waals surface area contributed by atoms with Gasteiger partial charge in [-0.25, -0.2) is 10.2 Å². The van der Waals surface area contributed by atoms with Gasteiger partial charge in [0.05, 0.1) is 6.61 Å². The molecule has 0 bridgehead atoms. The summed E-state index contributed by atoms with van der Waals surface area (Å²) in [5, 5.41) is 1.73. The van der Waals surface area contributed by atoms with Gasteiger partial charge in [-0.2, -0.15) is 0 Å². The summed E-state index contributed by atoms with van der Waals surface area (Å²) in [5.74, 6) is 1.24. The normalized spacial score (nSPS) is 15.0. The summed E-state index contributed by atoms with van der Waals surface area (Å²) in [4.78, 5) is 24.2. The summed E-state index contributed by atoms with van der Waals surface area (Å²) in [5.41, 5.74) is 4.47. The Balaban J connectivity index is 1.42. The van der Waals surface area contributed by atoms with Gasteiger partial charge in [-0.05, 0) is 30.5 Å². The van der Waals surface area contributed by atoms with Gasteiger partial charge < -0.3 is 18.9 Å². The molecule has 1 aromatic carbocycles. The van der Waals surface area contributed by atoms with Gasteiger partial charge in [0.25, 0.3) is 5.91 Å². The lowest BCUT2D eigenvalue weighted by Gasteiger charge is -2.25. The monoisotopic (exact) mass is 378 g/mol. The quantitative estimate of drug-likeness (QED) is 0.776. The Morgan fingerprint density at radius 1 is 1.23 bits per heavy atom. The molecule has 2 amide bonds. The van der Waals surface area contributed by atoms with E-state index in [-0.39, 0.29) is 13.2 Å². The summed E-state index contributed by atoms with van der Waals surface area (Å²) in [6, 6.07) is 8.95. The molecule has 0 radical (unpaired) electrons. The van der Waals surface area contributed by atoms with Crippen LogP contribution in [0.4, 0.5) is 4.79 Å². The third-order valence-corrected chi connectivity index (χ3v) is 4.28. The van der Waals surface area contributed by atoms with Crippen molar-refractivity contribution in [2.45, 2.75) is 13.0 Å². The Labute approximate surface area is 154 Å². The average molecular weight is 378 g/mol. The minimum atomic E-state index is -0.796. The largest absolute Gasteiger partial charge is 0.492 e. The van der Waals surface area contributed by atoms with Gasteiger partial charge in [-0.1, -0.05) is 12.1 Å². The van der Waals surface area contributed by atoms with Gasteiger partial charge in [0.1, 0.15) is 23.8 Å². The summed E-state index contributed by atoms with van der Waals surface area (Å²) in [7, 11) is 0. The molecule has 0 aliphatic carbocycles. The standard InChI is InChI=1S/C17H18N2O6S/c1-2-22-14-7-8-26-15(14)16(20)18-19-17(21)24-10-11-9-23-12-5-3-4-6-13(12)25-11/h3-8,11H,2,9-10H2,1H3,(H,18,20)(H,19,21). The van der Waals surface area contributed by atoms with Crippen LogP contribution in [0.1, 0.15) is 16.6 Å². The fraction of sp³-hybridized carbons (Fsp3) is 0.294. The van der Waals surface area contributed by atoms with E-state index < -0.39 is 18.1 Å². The first-order chi connectivity index (χ1) is 12.7. The van der Waals surface area contributed by atoms with Crippen molar-refractivity contribution < 1.29 is 28.5 Å². The van der Waals surface area contributed by atoms with E-state index in [0.717, 1.165) is 0 Å². The Hall–Kier alpha value is -2.94. The van der Waals surface area contributed by atoms with Crippen LogP contribution < -0.4 is 25.1 Å². The molecule has 1 unspecified atom stereocenters. The van der Waals surface area contributed by atoms with Gasteiger partial charge in [0.2, 0.25) is 0 Å². The molecule has 1 atom stereocenters. The number of rotatable bonds is 5. The van der Waals surface area contributed by atoms with Crippen molar-refractivity contribution in [3.05, 3.63) is 40.6 Å². The maximum Gasteiger partial charge on any atom is 0.426 e. The van der Waals surface area contributed by atoms with Gasteiger partial charge in [-0.3, -0.25) is 10.2 Å². The summed E-state index contributed by atoms with van der Waals surface area (Å²) in [6.45, 7) is 2.52. The van der Waals surface area contributed by atoms with Crippen LogP contribution in [0.15, 0.2) is 35.7 Å². The van der Waals surface area contributed by atoms with E-state index in [4.69, 9.17) is 18.9 Å². The van der Waals surface area contributed by atoms with Crippen molar-refractivity contribution in [1.29, 1.82) is 0 Å². The number of ether oxygens (including phenoxy) is 4. The number of carbonyl (C=O) groups is 2. The molecule has 0 saturated carbocycles. The van der Waals surface area contributed by atoms with Gasteiger partial charge >= 0.3 is 6.09 Å². The lowest BCUT2D eigenvalue weighted by Crippen LogP contribution is -2.43. The number of carbonyl (C=O) groups excluding carboxylic acids is 2. The van der Waals surface area contributed by atoms with Gasteiger partial charge in [0, 0.05) is 0 Å². The molecular formula is C17H18N2O6S. The van der Waals surface area contributed by atoms with Gasteiger partial charge in [0.15, 0.2) is 17.6 Å².